The van der Waals surface area contributed by atoms with Gasteiger partial charge in [0.05, 0.1) is 19.3 Å². The molecule has 3 heteroatoms. The van der Waals surface area contributed by atoms with Crippen molar-refractivity contribution in [3.63, 3.8) is 0 Å². The molecule has 2 aliphatic carbocycles. The normalized spacial score (nSPS) is 42.2. The van der Waals surface area contributed by atoms with E-state index in [1.165, 1.54) is 6.42 Å². The fourth-order valence-electron chi connectivity index (χ4n) is 2.53. The molecule has 3 nitrogen and oxygen atoms in total. The van der Waals surface area contributed by atoms with E-state index in [0.717, 1.165) is 25.2 Å². The molecule has 0 aliphatic heterocycles. The minimum absolute atomic E-state index is 0.0147. The van der Waals surface area contributed by atoms with Gasteiger partial charge in [-0.05, 0) is 31.6 Å². The molecule has 0 heterocycles. The third-order valence-electron chi connectivity index (χ3n) is 3.28. The molecule has 1 N–H and O–H groups in total. The van der Waals surface area contributed by atoms with Crippen molar-refractivity contribution >= 4 is 0 Å². The van der Waals surface area contributed by atoms with Gasteiger partial charge in [-0.15, -0.1) is 0 Å². The highest BCUT2D eigenvalue weighted by molar-refractivity contribution is 5.16. The highest BCUT2D eigenvalue weighted by Gasteiger charge is 2.56. The number of hydrogen-bond donors (Lipinski definition) is 1. The van der Waals surface area contributed by atoms with Crippen molar-refractivity contribution in [2.75, 3.05) is 13.2 Å². The predicted octanol–water partition coefficient (Wildman–Crippen LogP) is 1.08. The van der Waals surface area contributed by atoms with Crippen LogP contribution in [0.1, 0.15) is 25.7 Å². The number of ether oxygens (including phenoxy) is 1. The fraction of sp³-hybridized carbons (Fsp3) is 0.900. The lowest BCUT2D eigenvalue weighted by Gasteiger charge is -2.30. The predicted molar refractivity (Wildman–Crippen MR) is 46.8 cm³/mol. The second-order valence-corrected chi connectivity index (χ2v) is 4.07. The summed E-state index contributed by atoms with van der Waals surface area (Å²) in [5.41, 5.74) is -0.550. The van der Waals surface area contributed by atoms with Crippen LogP contribution in [-0.2, 0) is 4.74 Å². The number of aliphatic hydroxyl groups is 1. The zero-order valence-corrected chi connectivity index (χ0v) is 7.70. The van der Waals surface area contributed by atoms with Crippen LogP contribution in [0, 0.1) is 23.2 Å². The second-order valence-electron chi connectivity index (χ2n) is 4.07. The Morgan fingerprint density at radius 2 is 2.46 bits per heavy atom. The summed E-state index contributed by atoms with van der Waals surface area (Å²) in [6.45, 7) is 0.317. The first-order valence-electron chi connectivity index (χ1n) is 4.98. The SMILES string of the molecule is N#CC1(OCCO)CCCC2CC21. The Morgan fingerprint density at radius 1 is 1.62 bits per heavy atom. The molecule has 0 spiro atoms. The molecule has 0 amide bonds. The first kappa shape index (κ1) is 8.98. The monoisotopic (exact) mass is 181 g/mol. The van der Waals surface area contributed by atoms with E-state index in [9.17, 15) is 0 Å². The van der Waals surface area contributed by atoms with Gasteiger partial charge in [0, 0.05) is 5.92 Å². The van der Waals surface area contributed by atoms with Gasteiger partial charge in [-0.3, -0.25) is 0 Å². The first-order valence-corrected chi connectivity index (χ1v) is 4.98. The Kier molecular flexibility index (Phi) is 2.27. The van der Waals surface area contributed by atoms with Gasteiger partial charge < -0.3 is 9.84 Å². The standard InChI is InChI=1S/C10H15NO2/c11-7-10(13-5-4-12)3-1-2-8-6-9(8)10/h8-9,12H,1-6H2. The lowest BCUT2D eigenvalue weighted by atomic mass is 9.85. The maximum absolute atomic E-state index is 9.11. The van der Waals surface area contributed by atoms with Gasteiger partial charge in [-0.2, -0.15) is 5.26 Å². The van der Waals surface area contributed by atoms with Crippen molar-refractivity contribution in [3.8, 4) is 6.07 Å². The Labute approximate surface area is 78.3 Å². The minimum Gasteiger partial charge on any atom is -0.394 e. The number of hydrogen-bond acceptors (Lipinski definition) is 3. The van der Waals surface area contributed by atoms with Crippen molar-refractivity contribution in [2.45, 2.75) is 31.3 Å². The molecule has 0 aromatic heterocycles. The van der Waals surface area contributed by atoms with Crippen LogP contribution in [0.4, 0.5) is 0 Å². The molecule has 0 radical (unpaired) electrons. The van der Waals surface area contributed by atoms with Gasteiger partial charge in [-0.25, -0.2) is 0 Å². The van der Waals surface area contributed by atoms with Gasteiger partial charge in [0.2, 0.25) is 0 Å². The zero-order valence-electron chi connectivity index (χ0n) is 7.70. The molecule has 2 rings (SSSR count). The van der Waals surface area contributed by atoms with Crippen molar-refractivity contribution in [1.29, 1.82) is 5.26 Å². The zero-order chi connectivity index (χ0) is 9.31. The summed E-state index contributed by atoms with van der Waals surface area (Å²) >= 11 is 0. The smallest absolute Gasteiger partial charge is 0.157 e. The highest BCUT2D eigenvalue weighted by Crippen LogP contribution is 2.56. The van der Waals surface area contributed by atoms with Crippen LogP contribution in [0.2, 0.25) is 0 Å². The Morgan fingerprint density at radius 3 is 3.15 bits per heavy atom. The molecule has 0 saturated heterocycles. The molecule has 0 bridgehead atoms. The maximum Gasteiger partial charge on any atom is 0.157 e. The van der Waals surface area contributed by atoms with E-state index in [1.54, 1.807) is 0 Å². The summed E-state index contributed by atoms with van der Waals surface area (Å²) < 4.78 is 5.51. The van der Waals surface area contributed by atoms with Gasteiger partial charge >= 0.3 is 0 Å². The fourth-order valence-corrected chi connectivity index (χ4v) is 2.53. The van der Waals surface area contributed by atoms with Gasteiger partial charge in [0.15, 0.2) is 5.60 Å². The van der Waals surface area contributed by atoms with E-state index in [1.807, 2.05) is 0 Å². The molecular formula is C10H15NO2. The van der Waals surface area contributed by atoms with E-state index < -0.39 is 5.60 Å². The molecule has 2 saturated carbocycles. The minimum atomic E-state index is -0.550. The topological polar surface area (TPSA) is 53.2 Å². The summed E-state index contributed by atoms with van der Waals surface area (Å²) in [5, 5.41) is 17.8. The summed E-state index contributed by atoms with van der Waals surface area (Å²) in [7, 11) is 0. The summed E-state index contributed by atoms with van der Waals surface area (Å²) in [4.78, 5) is 0. The number of nitrogens with zero attached hydrogens (tertiary/aromatic N) is 1. The molecule has 0 aromatic carbocycles. The third-order valence-corrected chi connectivity index (χ3v) is 3.28. The van der Waals surface area contributed by atoms with Crippen molar-refractivity contribution in [1.82, 2.24) is 0 Å². The van der Waals surface area contributed by atoms with Crippen LogP contribution in [-0.4, -0.2) is 23.9 Å². The molecule has 3 unspecified atom stereocenters. The van der Waals surface area contributed by atoms with Crippen LogP contribution < -0.4 is 0 Å². The average molecular weight is 181 g/mol. The van der Waals surface area contributed by atoms with Crippen molar-refractivity contribution < 1.29 is 9.84 Å². The van der Waals surface area contributed by atoms with Gasteiger partial charge in [0.1, 0.15) is 0 Å². The van der Waals surface area contributed by atoms with Gasteiger partial charge in [-0.1, -0.05) is 0 Å². The van der Waals surface area contributed by atoms with Crippen LogP contribution in [0.3, 0.4) is 0 Å². The number of aliphatic hydroxyl groups excluding tert-OH is 1. The van der Waals surface area contributed by atoms with E-state index in [0.29, 0.717) is 12.5 Å². The maximum atomic E-state index is 9.11. The Hall–Kier alpha value is -0.590. The molecule has 13 heavy (non-hydrogen) atoms. The van der Waals surface area contributed by atoms with Crippen LogP contribution >= 0.6 is 0 Å². The number of fused-ring (bicyclic) bond motifs is 1. The average Bonchev–Trinajstić information content (AvgIpc) is 2.94. The van der Waals surface area contributed by atoms with E-state index in [4.69, 9.17) is 15.1 Å². The van der Waals surface area contributed by atoms with E-state index >= 15 is 0 Å². The molecule has 0 aromatic rings. The first-order chi connectivity index (χ1) is 6.32. The highest BCUT2D eigenvalue weighted by atomic mass is 16.5. The second kappa shape index (κ2) is 3.28. The summed E-state index contributed by atoms with van der Waals surface area (Å²) in [5.74, 6) is 1.19. The Balaban J connectivity index is 2.02. The van der Waals surface area contributed by atoms with Crippen LogP contribution in [0.15, 0.2) is 0 Å². The molecule has 2 fully saturated rings. The summed E-state index contributed by atoms with van der Waals surface area (Å²) in [6.07, 6.45) is 4.36. The number of rotatable bonds is 3. The molecule has 3 atom stereocenters. The van der Waals surface area contributed by atoms with E-state index in [2.05, 4.69) is 6.07 Å². The van der Waals surface area contributed by atoms with E-state index in [-0.39, 0.29) is 6.61 Å². The molecule has 2 aliphatic rings. The number of nitriles is 1. The van der Waals surface area contributed by atoms with Crippen LogP contribution in [0.25, 0.3) is 0 Å². The lowest BCUT2D eigenvalue weighted by molar-refractivity contribution is -0.0513. The quantitative estimate of drug-likeness (QED) is 0.708. The van der Waals surface area contributed by atoms with Gasteiger partial charge in [0.25, 0.3) is 0 Å². The lowest BCUT2D eigenvalue weighted by Crippen LogP contribution is -2.37. The van der Waals surface area contributed by atoms with Crippen molar-refractivity contribution in [2.24, 2.45) is 11.8 Å². The largest absolute Gasteiger partial charge is 0.394 e. The molecular weight excluding hydrogens is 166 g/mol. The van der Waals surface area contributed by atoms with Crippen molar-refractivity contribution in [3.05, 3.63) is 0 Å². The van der Waals surface area contributed by atoms with Crippen LogP contribution in [0.5, 0.6) is 0 Å². The Bertz CT molecular complexity index is 236. The summed E-state index contributed by atoms with van der Waals surface area (Å²) in [6, 6.07) is 2.31. The molecule has 72 valence electrons. The third kappa shape index (κ3) is 1.45.